The monoisotopic (exact) mass is 322 g/mol. The number of benzene rings is 1. The maximum absolute atomic E-state index is 13.0. The molecule has 0 bridgehead atoms. The number of aliphatic hydroxyl groups excluding tert-OH is 1. The molecule has 0 radical (unpaired) electrons. The predicted molar refractivity (Wildman–Crippen MR) is 81.9 cm³/mol. The molecule has 4 nitrogen and oxygen atoms in total. The van der Waals surface area contributed by atoms with Gasteiger partial charge in [-0.1, -0.05) is 23.7 Å². The molecule has 1 amide bonds. The molecule has 0 aliphatic carbocycles. The van der Waals surface area contributed by atoms with Gasteiger partial charge in [-0.2, -0.15) is 0 Å². The van der Waals surface area contributed by atoms with Crippen LogP contribution in [-0.2, 0) is 11.2 Å². The molecular weight excluding hydrogens is 307 g/mol. The fraction of sp³-hybridized carbons (Fsp3) is 0.250. The Morgan fingerprint density at radius 3 is 2.73 bits per heavy atom. The Bertz CT molecular complexity index is 634. The van der Waals surface area contributed by atoms with E-state index in [2.05, 4.69) is 10.3 Å². The lowest BCUT2D eigenvalue weighted by Crippen LogP contribution is -2.28. The summed E-state index contributed by atoms with van der Waals surface area (Å²) in [5.74, 6) is -0.631. The third-order valence-electron chi connectivity index (χ3n) is 3.15. The van der Waals surface area contributed by atoms with Crippen LogP contribution in [0.3, 0.4) is 0 Å². The average molecular weight is 323 g/mol. The molecule has 1 atom stereocenters. The van der Waals surface area contributed by atoms with Crippen LogP contribution in [0.1, 0.15) is 23.7 Å². The summed E-state index contributed by atoms with van der Waals surface area (Å²) in [5, 5.41) is 13.2. The first-order chi connectivity index (χ1) is 10.5. The van der Waals surface area contributed by atoms with Crippen LogP contribution in [0.15, 0.2) is 42.7 Å². The summed E-state index contributed by atoms with van der Waals surface area (Å²) < 4.78 is 13.0. The average Bonchev–Trinajstić information content (AvgIpc) is 2.51. The predicted octanol–water partition coefficient (Wildman–Crippen LogP) is 2.66. The maximum atomic E-state index is 13.0. The Hall–Kier alpha value is -1.98. The highest BCUT2D eigenvalue weighted by Crippen LogP contribution is 2.15. The highest BCUT2D eigenvalue weighted by Gasteiger charge is 2.10. The molecule has 0 fully saturated rings. The summed E-state index contributed by atoms with van der Waals surface area (Å²) in [6.45, 7) is 0.113. The van der Waals surface area contributed by atoms with Crippen LogP contribution in [0, 0.1) is 5.82 Å². The van der Waals surface area contributed by atoms with E-state index in [9.17, 15) is 14.3 Å². The molecule has 0 aliphatic heterocycles. The lowest BCUT2D eigenvalue weighted by molar-refractivity contribution is -0.121. The van der Waals surface area contributed by atoms with Crippen molar-refractivity contribution in [3.05, 3.63) is 64.7 Å². The van der Waals surface area contributed by atoms with Gasteiger partial charge in [-0.05, 0) is 35.7 Å². The molecule has 22 heavy (non-hydrogen) atoms. The number of amides is 1. The van der Waals surface area contributed by atoms with Crippen LogP contribution in [0.25, 0.3) is 0 Å². The van der Waals surface area contributed by atoms with Crippen LogP contribution in [-0.4, -0.2) is 22.5 Å². The number of aryl methyl sites for hydroxylation is 1. The largest absolute Gasteiger partial charge is 0.387 e. The lowest BCUT2D eigenvalue weighted by Gasteiger charge is -2.12. The van der Waals surface area contributed by atoms with E-state index in [-0.39, 0.29) is 18.9 Å². The Kier molecular flexibility index (Phi) is 5.86. The fourth-order valence-corrected chi connectivity index (χ4v) is 2.08. The van der Waals surface area contributed by atoms with Gasteiger partial charge in [0.2, 0.25) is 5.91 Å². The number of halogens is 2. The minimum Gasteiger partial charge on any atom is -0.387 e. The van der Waals surface area contributed by atoms with Crippen molar-refractivity contribution in [3.8, 4) is 0 Å². The number of pyridine rings is 1. The van der Waals surface area contributed by atoms with Gasteiger partial charge in [-0.3, -0.25) is 9.78 Å². The normalized spacial score (nSPS) is 12.0. The lowest BCUT2D eigenvalue weighted by atomic mass is 10.1. The fourth-order valence-electron chi connectivity index (χ4n) is 1.95. The van der Waals surface area contributed by atoms with E-state index in [0.717, 1.165) is 6.20 Å². The van der Waals surface area contributed by atoms with Crippen molar-refractivity contribution in [2.45, 2.75) is 18.9 Å². The first-order valence-corrected chi connectivity index (χ1v) is 7.22. The molecule has 0 saturated heterocycles. The van der Waals surface area contributed by atoms with E-state index in [1.165, 1.54) is 12.3 Å². The SMILES string of the molecule is O=C(CCc1cncc(F)c1)NCC(O)c1ccc(Cl)cc1. The van der Waals surface area contributed by atoms with Gasteiger partial charge in [0, 0.05) is 24.2 Å². The summed E-state index contributed by atoms with van der Waals surface area (Å²) >= 11 is 5.77. The second-order valence-electron chi connectivity index (χ2n) is 4.88. The standard InChI is InChI=1S/C16H16ClFN2O2/c17-13-4-2-12(3-5-13)15(21)10-20-16(22)6-1-11-7-14(18)9-19-8-11/h2-5,7-9,15,21H,1,6,10H2,(H,20,22). The van der Waals surface area contributed by atoms with Crippen molar-refractivity contribution >= 4 is 17.5 Å². The third kappa shape index (κ3) is 5.09. The first-order valence-electron chi connectivity index (χ1n) is 6.84. The zero-order valence-corrected chi connectivity index (χ0v) is 12.6. The summed E-state index contributed by atoms with van der Waals surface area (Å²) in [6, 6.07) is 8.12. The quantitative estimate of drug-likeness (QED) is 0.859. The minimum atomic E-state index is -0.794. The van der Waals surface area contributed by atoms with Crippen LogP contribution in [0.2, 0.25) is 5.02 Å². The van der Waals surface area contributed by atoms with Crippen molar-refractivity contribution in [3.63, 3.8) is 0 Å². The number of rotatable bonds is 6. The van der Waals surface area contributed by atoms with E-state index < -0.39 is 11.9 Å². The smallest absolute Gasteiger partial charge is 0.220 e. The molecule has 2 aromatic rings. The molecular formula is C16H16ClFN2O2. The summed E-state index contributed by atoms with van der Waals surface area (Å²) in [7, 11) is 0. The molecule has 6 heteroatoms. The Balaban J connectivity index is 1.76. The number of aromatic nitrogens is 1. The minimum absolute atomic E-state index is 0.113. The van der Waals surface area contributed by atoms with E-state index in [1.54, 1.807) is 24.3 Å². The van der Waals surface area contributed by atoms with Crippen LogP contribution in [0.5, 0.6) is 0 Å². The summed E-state index contributed by atoms with van der Waals surface area (Å²) in [4.78, 5) is 15.5. The van der Waals surface area contributed by atoms with E-state index in [4.69, 9.17) is 11.6 Å². The first kappa shape index (κ1) is 16.4. The van der Waals surface area contributed by atoms with Gasteiger partial charge >= 0.3 is 0 Å². The van der Waals surface area contributed by atoms with Gasteiger partial charge in [-0.15, -0.1) is 0 Å². The van der Waals surface area contributed by atoms with E-state index in [0.29, 0.717) is 22.6 Å². The van der Waals surface area contributed by atoms with Crippen molar-refractivity contribution in [2.24, 2.45) is 0 Å². The van der Waals surface area contributed by atoms with Crippen LogP contribution < -0.4 is 5.32 Å². The molecule has 2 rings (SSSR count). The van der Waals surface area contributed by atoms with Crippen LogP contribution >= 0.6 is 11.6 Å². The molecule has 2 N–H and O–H groups in total. The van der Waals surface area contributed by atoms with Gasteiger partial charge in [0.15, 0.2) is 0 Å². The Morgan fingerprint density at radius 2 is 2.05 bits per heavy atom. The van der Waals surface area contributed by atoms with E-state index in [1.807, 2.05) is 0 Å². The molecule has 1 aromatic carbocycles. The van der Waals surface area contributed by atoms with Gasteiger partial charge in [0.1, 0.15) is 5.82 Å². The third-order valence-corrected chi connectivity index (χ3v) is 3.40. The van der Waals surface area contributed by atoms with Gasteiger partial charge in [0.05, 0.1) is 12.3 Å². The zero-order valence-electron chi connectivity index (χ0n) is 11.8. The number of hydrogen-bond donors (Lipinski definition) is 2. The summed E-state index contributed by atoms with van der Waals surface area (Å²) in [6.07, 6.45) is 2.45. The van der Waals surface area contributed by atoms with Gasteiger partial charge < -0.3 is 10.4 Å². The molecule has 1 unspecified atom stereocenters. The molecule has 0 saturated carbocycles. The molecule has 0 spiro atoms. The van der Waals surface area contributed by atoms with Gasteiger partial charge in [-0.25, -0.2) is 4.39 Å². The van der Waals surface area contributed by atoms with Crippen molar-refractivity contribution in [1.29, 1.82) is 0 Å². The second kappa shape index (κ2) is 7.87. The highest BCUT2D eigenvalue weighted by atomic mass is 35.5. The number of aliphatic hydroxyl groups is 1. The number of nitrogens with one attached hydrogen (secondary N) is 1. The zero-order chi connectivity index (χ0) is 15.9. The van der Waals surface area contributed by atoms with Crippen molar-refractivity contribution in [2.75, 3.05) is 6.54 Å². The van der Waals surface area contributed by atoms with Crippen LogP contribution in [0.4, 0.5) is 4.39 Å². The number of hydrogen-bond acceptors (Lipinski definition) is 3. The molecule has 1 heterocycles. The summed E-state index contributed by atoms with van der Waals surface area (Å²) in [5.41, 5.74) is 1.34. The molecule has 116 valence electrons. The Labute approximate surface area is 133 Å². The maximum Gasteiger partial charge on any atom is 0.220 e. The van der Waals surface area contributed by atoms with E-state index >= 15 is 0 Å². The van der Waals surface area contributed by atoms with Crippen molar-refractivity contribution < 1.29 is 14.3 Å². The van der Waals surface area contributed by atoms with Crippen molar-refractivity contribution in [1.82, 2.24) is 10.3 Å². The van der Waals surface area contributed by atoms with Gasteiger partial charge in [0.25, 0.3) is 0 Å². The number of nitrogens with zero attached hydrogens (tertiary/aromatic N) is 1. The molecule has 0 aliphatic rings. The Morgan fingerprint density at radius 1 is 1.32 bits per heavy atom. The number of carbonyl (C=O) groups excluding carboxylic acids is 1. The second-order valence-corrected chi connectivity index (χ2v) is 5.32. The number of carbonyl (C=O) groups is 1. The molecule has 1 aromatic heterocycles. The topological polar surface area (TPSA) is 62.2 Å². The highest BCUT2D eigenvalue weighted by molar-refractivity contribution is 6.30.